The monoisotopic (exact) mass is 210 g/mol. The second-order valence-corrected chi connectivity index (χ2v) is 4.52. The zero-order chi connectivity index (χ0) is 9.80. The summed E-state index contributed by atoms with van der Waals surface area (Å²) in [6, 6.07) is 10.3. The second kappa shape index (κ2) is 4.82. The van der Waals surface area contributed by atoms with Crippen molar-refractivity contribution in [1.82, 2.24) is 0 Å². The number of methoxy groups -OCH3 is 1. The highest BCUT2D eigenvalue weighted by Crippen LogP contribution is 2.29. The minimum Gasteiger partial charge on any atom is -0.373 e. The summed E-state index contributed by atoms with van der Waals surface area (Å²) in [6.07, 6.45) is 1.41. The third kappa shape index (κ3) is 3.01. The predicted octanol–water partition coefficient (Wildman–Crippen LogP) is 2.54. The van der Waals surface area contributed by atoms with Gasteiger partial charge in [0.05, 0.1) is 12.7 Å². The first-order valence-electron chi connectivity index (χ1n) is 4.74. The van der Waals surface area contributed by atoms with Crippen molar-refractivity contribution in [3.8, 4) is 0 Å². The van der Waals surface area contributed by atoms with Gasteiger partial charge in [0.25, 0.3) is 0 Å². The lowest BCUT2D eigenvalue weighted by atomic mass is 10.3. The van der Waals surface area contributed by atoms with Crippen LogP contribution in [0.3, 0.4) is 0 Å². The lowest BCUT2D eigenvalue weighted by Gasteiger charge is -2.13. The maximum Gasteiger partial charge on any atom is 0.109 e. The third-order valence-electron chi connectivity index (χ3n) is 2.13. The predicted molar refractivity (Wildman–Crippen MR) is 57.5 cm³/mol. The summed E-state index contributed by atoms with van der Waals surface area (Å²) < 4.78 is 10.6. The maximum atomic E-state index is 5.39. The first kappa shape index (κ1) is 10.0. The van der Waals surface area contributed by atoms with Gasteiger partial charge in [-0.1, -0.05) is 30.0 Å². The Kier molecular flexibility index (Phi) is 3.45. The average molecular weight is 210 g/mol. The van der Waals surface area contributed by atoms with Crippen molar-refractivity contribution >= 4 is 11.8 Å². The summed E-state index contributed by atoms with van der Waals surface area (Å²) in [7, 11) is 1.75. The van der Waals surface area contributed by atoms with Gasteiger partial charge in [-0.25, -0.2) is 0 Å². The molecule has 0 bridgehead atoms. The van der Waals surface area contributed by atoms with Gasteiger partial charge in [0.2, 0.25) is 0 Å². The first-order chi connectivity index (χ1) is 6.88. The van der Waals surface area contributed by atoms with Gasteiger partial charge in [0.15, 0.2) is 0 Å². The van der Waals surface area contributed by atoms with Crippen molar-refractivity contribution < 1.29 is 9.47 Å². The number of epoxide rings is 1. The van der Waals surface area contributed by atoms with Gasteiger partial charge >= 0.3 is 0 Å². The van der Waals surface area contributed by atoms with Gasteiger partial charge in [-0.3, -0.25) is 0 Å². The van der Waals surface area contributed by atoms with E-state index in [4.69, 9.17) is 9.47 Å². The highest BCUT2D eigenvalue weighted by molar-refractivity contribution is 7.99. The van der Waals surface area contributed by atoms with Crippen molar-refractivity contribution in [2.75, 3.05) is 13.7 Å². The molecule has 0 aromatic heterocycles. The van der Waals surface area contributed by atoms with Crippen molar-refractivity contribution in [3.05, 3.63) is 30.3 Å². The van der Waals surface area contributed by atoms with E-state index in [1.165, 1.54) is 4.90 Å². The molecule has 1 aliphatic heterocycles. The van der Waals surface area contributed by atoms with Gasteiger partial charge in [0, 0.05) is 18.4 Å². The van der Waals surface area contributed by atoms with Gasteiger partial charge < -0.3 is 9.47 Å². The van der Waals surface area contributed by atoms with Crippen LogP contribution in [0.4, 0.5) is 0 Å². The highest BCUT2D eigenvalue weighted by Gasteiger charge is 2.27. The minimum absolute atomic E-state index is 0.213. The molecule has 0 amide bonds. The Bertz CT molecular complexity index is 272. The van der Waals surface area contributed by atoms with Crippen molar-refractivity contribution in [3.63, 3.8) is 0 Å². The standard InChI is InChI=1S/C11H14O2S/c1-12-11(7-9-8-13-9)14-10-5-3-2-4-6-10/h2-6,9,11H,7-8H2,1H3. The lowest BCUT2D eigenvalue weighted by molar-refractivity contribution is 0.156. The Hall–Kier alpha value is -0.510. The molecule has 2 nitrogen and oxygen atoms in total. The first-order valence-corrected chi connectivity index (χ1v) is 5.62. The fourth-order valence-electron chi connectivity index (χ4n) is 1.26. The molecule has 0 spiro atoms. The van der Waals surface area contributed by atoms with E-state index in [1.54, 1.807) is 18.9 Å². The molecule has 1 aromatic rings. The van der Waals surface area contributed by atoms with Gasteiger partial charge in [0.1, 0.15) is 5.44 Å². The van der Waals surface area contributed by atoms with E-state index in [1.807, 2.05) is 18.2 Å². The quantitative estimate of drug-likeness (QED) is 0.423. The number of thioether (sulfide) groups is 1. The Morgan fingerprint density at radius 2 is 2.21 bits per heavy atom. The number of ether oxygens (including phenoxy) is 2. The molecule has 3 heteroatoms. The Morgan fingerprint density at radius 1 is 1.50 bits per heavy atom. The number of rotatable bonds is 5. The molecule has 0 saturated carbocycles. The molecule has 1 aromatic carbocycles. The zero-order valence-electron chi connectivity index (χ0n) is 8.18. The van der Waals surface area contributed by atoms with Gasteiger partial charge in [-0.05, 0) is 12.1 Å². The molecule has 2 unspecified atom stereocenters. The van der Waals surface area contributed by atoms with E-state index < -0.39 is 0 Å². The van der Waals surface area contributed by atoms with Crippen molar-refractivity contribution in [1.29, 1.82) is 0 Å². The lowest BCUT2D eigenvalue weighted by Crippen LogP contribution is -2.08. The average Bonchev–Trinajstić information content (AvgIpc) is 3.02. The van der Waals surface area contributed by atoms with Crippen LogP contribution in [-0.4, -0.2) is 25.3 Å². The molecule has 2 rings (SSSR count). The van der Waals surface area contributed by atoms with Crippen LogP contribution < -0.4 is 0 Å². The zero-order valence-corrected chi connectivity index (χ0v) is 9.00. The summed E-state index contributed by atoms with van der Waals surface area (Å²) in [5.74, 6) is 0. The molecule has 0 radical (unpaired) electrons. The fraction of sp³-hybridized carbons (Fsp3) is 0.455. The Balaban J connectivity index is 1.87. The highest BCUT2D eigenvalue weighted by atomic mass is 32.2. The van der Waals surface area contributed by atoms with E-state index >= 15 is 0 Å². The molecule has 1 aliphatic rings. The van der Waals surface area contributed by atoms with E-state index in [0.717, 1.165) is 13.0 Å². The molecule has 0 N–H and O–H groups in total. The van der Waals surface area contributed by atoms with E-state index in [2.05, 4.69) is 12.1 Å². The molecule has 1 heterocycles. The maximum absolute atomic E-state index is 5.39. The SMILES string of the molecule is COC(CC1CO1)Sc1ccccc1. The van der Waals surface area contributed by atoms with E-state index in [-0.39, 0.29) is 5.44 Å². The van der Waals surface area contributed by atoms with Crippen LogP contribution in [0.25, 0.3) is 0 Å². The van der Waals surface area contributed by atoms with Crippen molar-refractivity contribution in [2.24, 2.45) is 0 Å². The molecule has 2 atom stereocenters. The summed E-state index contributed by atoms with van der Waals surface area (Å²) >= 11 is 1.75. The summed E-state index contributed by atoms with van der Waals surface area (Å²) in [6.45, 7) is 0.898. The molecule has 76 valence electrons. The topological polar surface area (TPSA) is 21.8 Å². The summed E-state index contributed by atoms with van der Waals surface area (Å²) in [5, 5.41) is 0. The Labute approximate surface area is 88.6 Å². The van der Waals surface area contributed by atoms with Crippen LogP contribution in [0.5, 0.6) is 0 Å². The smallest absolute Gasteiger partial charge is 0.109 e. The van der Waals surface area contributed by atoms with Crippen LogP contribution in [0.15, 0.2) is 35.2 Å². The van der Waals surface area contributed by atoms with Crippen LogP contribution in [0, 0.1) is 0 Å². The second-order valence-electron chi connectivity index (χ2n) is 3.29. The molecule has 1 saturated heterocycles. The minimum atomic E-state index is 0.213. The summed E-state index contributed by atoms with van der Waals surface area (Å²) in [5.41, 5.74) is 0.213. The van der Waals surface area contributed by atoms with E-state index in [9.17, 15) is 0 Å². The van der Waals surface area contributed by atoms with E-state index in [0.29, 0.717) is 6.10 Å². The van der Waals surface area contributed by atoms with Crippen LogP contribution in [0.1, 0.15) is 6.42 Å². The number of hydrogen-bond acceptors (Lipinski definition) is 3. The largest absolute Gasteiger partial charge is 0.373 e. The molecular weight excluding hydrogens is 196 g/mol. The van der Waals surface area contributed by atoms with Crippen LogP contribution in [-0.2, 0) is 9.47 Å². The summed E-state index contributed by atoms with van der Waals surface area (Å²) in [4.78, 5) is 1.25. The van der Waals surface area contributed by atoms with Gasteiger partial charge in [-0.2, -0.15) is 0 Å². The molecule has 0 aliphatic carbocycles. The van der Waals surface area contributed by atoms with Crippen LogP contribution >= 0.6 is 11.8 Å². The Morgan fingerprint density at radius 3 is 2.79 bits per heavy atom. The number of benzene rings is 1. The fourth-order valence-corrected chi connectivity index (χ4v) is 2.29. The molecular formula is C11H14O2S. The third-order valence-corrected chi connectivity index (χ3v) is 3.32. The number of hydrogen-bond donors (Lipinski definition) is 0. The molecule has 1 fully saturated rings. The molecule has 14 heavy (non-hydrogen) atoms. The van der Waals surface area contributed by atoms with Crippen molar-refractivity contribution in [2.45, 2.75) is 22.9 Å². The van der Waals surface area contributed by atoms with Crippen LogP contribution in [0.2, 0.25) is 0 Å². The normalized spacial score (nSPS) is 21.9. The van der Waals surface area contributed by atoms with Gasteiger partial charge in [-0.15, -0.1) is 0 Å².